The number of halogens is 4. The van der Waals surface area contributed by atoms with Gasteiger partial charge in [-0.15, -0.1) is 0 Å². The first kappa shape index (κ1) is 87.2. The zero-order valence-corrected chi connectivity index (χ0v) is 66.3. The van der Waals surface area contributed by atoms with Gasteiger partial charge in [0.25, 0.3) is 0 Å². The Kier molecular flexibility index (Phi) is 30.7. The number of carbonyl (C=O) groups is 12. The van der Waals surface area contributed by atoms with Gasteiger partial charge in [-0.3, -0.25) is 57.5 Å². The van der Waals surface area contributed by atoms with Crippen LogP contribution in [-0.2, 0) is 67.0 Å². The van der Waals surface area contributed by atoms with Crippen molar-refractivity contribution in [2.24, 2.45) is 46.8 Å². The number of fused-ring (bicyclic) bond motifs is 3. The summed E-state index contributed by atoms with van der Waals surface area (Å²) in [5, 5.41) is 8.78. The Hall–Kier alpha value is -6.98. The van der Waals surface area contributed by atoms with Gasteiger partial charge >= 0.3 is 6.18 Å². The Morgan fingerprint density at radius 1 is 0.701 bits per heavy atom. The molecule has 0 radical (unpaired) electrons. The average molecular weight is 1520 g/mol. The predicted octanol–water partition coefficient (Wildman–Crippen LogP) is 5.73. The predicted molar refractivity (Wildman–Crippen MR) is 391 cm³/mol. The third-order valence-electron chi connectivity index (χ3n) is 24.5. The molecule has 0 aromatic carbocycles. The van der Waals surface area contributed by atoms with Gasteiger partial charge in [-0.1, -0.05) is 73.0 Å². The molecule has 7 rings (SSSR count). The van der Waals surface area contributed by atoms with Gasteiger partial charge in [0, 0.05) is 82.7 Å². The minimum Gasteiger partial charge on any atom is -0.381 e. The minimum absolute atomic E-state index is 0.00156. The van der Waals surface area contributed by atoms with Gasteiger partial charge in [0.1, 0.15) is 60.0 Å². The summed E-state index contributed by atoms with van der Waals surface area (Å²) in [4.78, 5) is 193. The largest absolute Gasteiger partial charge is 0.394 e. The zero-order valence-electron chi connectivity index (χ0n) is 66.3. The molecule has 4 saturated carbocycles. The van der Waals surface area contributed by atoms with Crippen molar-refractivity contribution in [3.05, 3.63) is 12.2 Å². The van der Waals surface area contributed by atoms with Crippen molar-refractivity contribution in [2.45, 2.75) is 256 Å². The average Bonchev–Trinajstić information content (AvgIpc) is 1.50. The van der Waals surface area contributed by atoms with E-state index < -0.39 is 198 Å². The number of amides is 12. The van der Waals surface area contributed by atoms with Crippen LogP contribution in [0.4, 0.5) is 17.6 Å². The van der Waals surface area contributed by atoms with Crippen LogP contribution in [0.5, 0.6) is 0 Å². The topological polar surface area (TPSA) is 289 Å². The standard InChI is InChI=1S/C77H124F4N12O14/c1-17-47(5)64-72(103)87(11)42-63(96)88(12)55-27-21-20-24-34-92(71(55)102)58(37-50-29-28-48(6)53(78)36-50)70(101)86(10)41-61(94)82-54(33-31-49-30-32-52(77(79,80)81)60(38-49)106-16)68(99)93-40-46(4)35-56(93)67(98)84-76(44-75(7,8)45-76)74(105)91(15)65(51-25-22-23-26-51)73(104)90(14)57(69(100)85(9)18-2)39-62(95)89(13)59(43-107-19-3)66(97)83-64/h20-21,46-60,64-65H,17-19,22-45H2,1-16H3,(H,82,94)(H,83,97)(H,84,98)/b21-20-/t46-,47-,48?,49?,50?,52?,53?,54-,55-,56-,57-,58-,59-,60?,64-,65-/m0/s1. The Bertz CT molecular complexity index is 3200. The fraction of sp³-hybridized carbons (Fsp3) is 0.818. The summed E-state index contributed by atoms with van der Waals surface area (Å²) < 4.78 is 69.9. The lowest BCUT2D eigenvalue weighted by Crippen LogP contribution is -2.71. The number of alkyl halides is 4. The highest BCUT2D eigenvalue weighted by molar-refractivity contribution is 6.01. The van der Waals surface area contributed by atoms with Crippen LogP contribution in [0.3, 0.4) is 0 Å². The fourth-order valence-corrected chi connectivity index (χ4v) is 17.7. The van der Waals surface area contributed by atoms with Gasteiger partial charge in [0.2, 0.25) is 70.9 Å². The second-order valence-electron chi connectivity index (χ2n) is 33.1. The van der Waals surface area contributed by atoms with Crippen molar-refractivity contribution in [3.63, 3.8) is 0 Å². The van der Waals surface area contributed by atoms with Gasteiger partial charge in [-0.25, -0.2) is 4.39 Å². The SMILES string of the molecule is CCOC[C@H]1C(=O)N[C@@H]([C@@H](C)CC)C(=O)N(C)CC(=O)N(C)[C@H]2C/C=C\CCN(C2=O)[C@@H](CC2CCC(C)C(F)C2)C(=O)N(C)CC(=O)N[C@@H](CCC2CCC(C(F)(F)F)C(OC)C2)C(=O)N2C[C@@H](C)C[C@H]2C(=O)NC2(CC(C)(C)C2)C(=O)N(C)[C@@H](C2CCCC2)C(=O)N(C)[C@H](C(=O)N(C)CC)CC(=O)N1C. The number of likely N-dealkylation sites (N-methyl/N-ethyl adjacent to an activating group) is 7. The van der Waals surface area contributed by atoms with Crippen LogP contribution in [0.15, 0.2) is 12.2 Å². The number of hydrogen-bond acceptors (Lipinski definition) is 14. The van der Waals surface area contributed by atoms with Crippen molar-refractivity contribution in [3.8, 4) is 0 Å². The molecule has 7 aliphatic rings. The molecule has 3 N–H and O–H groups in total. The number of nitrogens with zero attached hydrogens (tertiary/aromatic N) is 9. The third-order valence-corrected chi connectivity index (χ3v) is 24.5. The van der Waals surface area contributed by atoms with Crippen LogP contribution in [0, 0.1) is 46.8 Å². The normalized spacial score (nSPS) is 32.4. The van der Waals surface area contributed by atoms with Crippen molar-refractivity contribution >= 4 is 70.9 Å². The van der Waals surface area contributed by atoms with Crippen LogP contribution in [0.25, 0.3) is 0 Å². The summed E-state index contributed by atoms with van der Waals surface area (Å²) in [6.45, 7) is 13.1. The Labute approximate surface area is 630 Å². The molecule has 26 nitrogen and oxygen atoms in total. The van der Waals surface area contributed by atoms with E-state index in [0.29, 0.717) is 44.9 Å². The Balaban J connectivity index is 1.33. The number of nitrogens with one attached hydrogen (secondary N) is 3. The van der Waals surface area contributed by atoms with Gasteiger partial charge < -0.3 is 69.5 Å². The minimum atomic E-state index is -4.53. The van der Waals surface area contributed by atoms with E-state index >= 15 is 33.2 Å². The molecule has 2 bridgehead atoms. The molecule has 12 amide bonds. The summed E-state index contributed by atoms with van der Waals surface area (Å²) in [6, 6.07) is -10.6. The summed E-state index contributed by atoms with van der Waals surface area (Å²) in [7, 11) is 11.1. The van der Waals surface area contributed by atoms with Crippen LogP contribution >= 0.6 is 0 Å². The molecule has 3 heterocycles. The van der Waals surface area contributed by atoms with E-state index in [9.17, 15) is 41.9 Å². The van der Waals surface area contributed by atoms with E-state index in [2.05, 4.69) is 16.0 Å². The fourth-order valence-electron chi connectivity index (χ4n) is 17.7. The molecule has 6 unspecified atom stereocenters. The van der Waals surface area contributed by atoms with Gasteiger partial charge in [0.05, 0.1) is 38.1 Å². The van der Waals surface area contributed by atoms with E-state index in [1.54, 1.807) is 40.7 Å². The lowest BCUT2D eigenvalue weighted by molar-refractivity contribution is -0.215. The molecule has 604 valence electrons. The number of hydrogen-bond donors (Lipinski definition) is 3. The van der Waals surface area contributed by atoms with Crippen LogP contribution in [0.1, 0.15) is 184 Å². The van der Waals surface area contributed by atoms with Gasteiger partial charge in [0.15, 0.2) is 0 Å². The highest BCUT2D eigenvalue weighted by Gasteiger charge is 2.59. The summed E-state index contributed by atoms with van der Waals surface area (Å²) in [5.74, 6) is -12.5. The van der Waals surface area contributed by atoms with Crippen LogP contribution in [-0.4, -0.2) is 290 Å². The van der Waals surface area contributed by atoms with Gasteiger partial charge in [-0.05, 0) is 158 Å². The molecule has 2 saturated heterocycles. The maximum absolute atomic E-state index is 15.8. The summed E-state index contributed by atoms with van der Waals surface area (Å²) in [5.41, 5.74) is -2.16. The lowest BCUT2D eigenvalue weighted by atomic mass is 9.58. The molecule has 0 aromatic heterocycles. The number of methoxy groups -OCH3 is 1. The molecule has 6 fully saturated rings. The molecular formula is C77H124F4N12O14. The molecule has 0 aromatic rings. The second kappa shape index (κ2) is 37.6. The van der Waals surface area contributed by atoms with Crippen molar-refractivity contribution in [1.29, 1.82) is 0 Å². The van der Waals surface area contributed by atoms with E-state index in [-0.39, 0.29) is 122 Å². The number of carbonyl (C=O) groups excluding carboxylic acids is 12. The molecule has 30 heteroatoms. The van der Waals surface area contributed by atoms with Crippen molar-refractivity contribution in [2.75, 3.05) is 102 Å². The van der Waals surface area contributed by atoms with E-state index in [1.165, 1.54) is 85.8 Å². The molecule has 3 aliphatic heterocycles. The zero-order chi connectivity index (χ0) is 79.5. The van der Waals surface area contributed by atoms with Crippen molar-refractivity contribution in [1.82, 2.24) is 60.0 Å². The highest BCUT2D eigenvalue weighted by Crippen LogP contribution is 2.50. The smallest absolute Gasteiger partial charge is 0.381 e. The molecule has 1 spiro atoms. The maximum atomic E-state index is 15.8. The van der Waals surface area contributed by atoms with E-state index in [4.69, 9.17) is 9.47 Å². The van der Waals surface area contributed by atoms with Gasteiger partial charge in [-0.2, -0.15) is 13.2 Å². The monoisotopic (exact) mass is 1520 g/mol. The van der Waals surface area contributed by atoms with Crippen LogP contribution in [0.2, 0.25) is 0 Å². The first-order chi connectivity index (χ1) is 50.2. The third kappa shape index (κ3) is 21.1. The summed E-state index contributed by atoms with van der Waals surface area (Å²) in [6.07, 6.45) is 0.409. The molecule has 16 atom stereocenters. The van der Waals surface area contributed by atoms with Crippen molar-refractivity contribution < 1.29 is 84.6 Å². The number of rotatable bonds is 14. The summed E-state index contributed by atoms with van der Waals surface area (Å²) >= 11 is 0. The Morgan fingerprint density at radius 3 is 1.96 bits per heavy atom. The van der Waals surface area contributed by atoms with Crippen LogP contribution < -0.4 is 16.0 Å². The maximum Gasteiger partial charge on any atom is 0.394 e. The highest BCUT2D eigenvalue weighted by atomic mass is 19.4. The molecule has 107 heavy (non-hydrogen) atoms. The first-order valence-electron chi connectivity index (χ1n) is 39.0. The lowest BCUT2D eigenvalue weighted by Gasteiger charge is -2.54. The Morgan fingerprint density at radius 2 is 1.36 bits per heavy atom. The molecule has 4 aliphatic carbocycles. The molecular weight excluding hydrogens is 1390 g/mol. The van der Waals surface area contributed by atoms with E-state index in [0.717, 1.165) is 14.7 Å². The van der Waals surface area contributed by atoms with E-state index in [1.807, 2.05) is 26.8 Å². The first-order valence-corrected chi connectivity index (χ1v) is 39.0. The second-order valence-corrected chi connectivity index (χ2v) is 33.1. The quantitative estimate of drug-likeness (QED) is 0.138. The number of ether oxygens (including phenoxy) is 2.